The molecule has 4 rings (SSSR count). The zero-order valence-electron chi connectivity index (χ0n) is 15.0. The molecule has 0 saturated heterocycles. The highest BCUT2D eigenvalue weighted by Gasteiger charge is 2.22. The standard InChI is InChI=1S/C19H13ClN4O5/c1-11-17(18(23-29-11)12-5-3-2-4-6-12)19-22-21-16(28-19)10-27-15-8-7-13(24(25)26)9-14(15)20/h2-9H,10H2,1H3. The lowest BCUT2D eigenvalue weighted by molar-refractivity contribution is -0.384. The van der Waals surface area contributed by atoms with Gasteiger partial charge in [0.2, 0.25) is 0 Å². The van der Waals surface area contributed by atoms with E-state index in [0.29, 0.717) is 17.0 Å². The van der Waals surface area contributed by atoms with Gasteiger partial charge in [0.05, 0.1) is 9.95 Å². The van der Waals surface area contributed by atoms with Crippen LogP contribution in [0.3, 0.4) is 0 Å². The molecule has 0 unspecified atom stereocenters. The van der Waals surface area contributed by atoms with Crippen molar-refractivity contribution in [1.29, 1.82) is 0 Å². The molecule has 2 heterocycles. The molecule has 0 bridgehead atoms. The molecule has 9 nitrogen and oxygen atoms in total. The Morgan fingerprint density at radius 1 is 1.17 bits per heavy atom. The zero-order chi connectivity index (χ0) is 20.4. The van der Waals surface area contributed by atoms with Gasteiger partial charge in [-0.3, -0.25) is 10.1 Å². The molecule has 2 aromatic heterocycles. The second kappa shape index (κ2) is 7.72. The number of aromatic nitrogens is 3. The highest BCUT2D eigenvalue weighted by atomic mass is 35.5. The van der Waals surface area contributed by atoms with Gasteiger partial charge in [-0.25, -0.2) is 0 Å². The van der Waals surface area contributed by atoms with E-state index in [0.717, 1.165) is 5.56 Å². The van der Waals surface area contributed by atoms with Crippen LogP contribution in [0.4, 0.5) is 5.69 Å². The molecule has 0 N–H and O–H groups in total. The lowest BCUT2D eigenvalue weighted by atomic mass is 10.1. The maximum atomic E-state index is 10.8. The average Bonchev–Trinajstić information content (AvgIpc) is 3.33. The van der Waals surface area contributed by atoms with Crippen molar-refractivity contribution in [3.05, 3.63) is 75.3 Å². The number of rotatable bonds is 6. The van der Waals surface area contributed by atoms with Gasteiger partial charge in [0.15, 0.2) is 6.61 Å². The van der Waals surface area contributed by atoms with Gasteiger partial charge in [0.25, 0.3) is 17.5 Å². The number of benzene rings is 2. The lowest BCUT2D eigenvalue weighted by Gasteiger charge is -2.05. The number of non-ortho nitro benzene ring substituents is 1. The van der Waals surface area contributed by atoms with Gasteiger partial charge in [-0.1, -0.05) is 47.1 Å². The summed E-state index contributed by atoms with van der Waals surface area (Å²) in [6, 6.07) is 13.4. The molecule has 2 aromatic carbocycles. The highest BCUT2D eigenvalue weighted by Crippen LogP contribution is 2.34. The maximum Gasteiger partial charge on any atom is 0.271 e. The van der Waals surface area contributed by atoms with Gasteiger partial charge < -0.3 is 13.7 Å². The van der Waals surface area contributed by atoms with E-state index in [1.54, 1.807) is 6.92 Å². The van der Waals surface area contributed by atoms with Crippen molar-refractivity contribution in [3.63, 3.8) is 0 Å². The first kappa shape index (κ1) is 18.6. The predicted octanol–water partition coefficient (Wildman–Crippen LogP) is 4.84. The van der Waals surface area contributed by atoms with Crippen molar-refractivity contribution in [1.82, 2.24) is 15.4 Å². The molecular weight excluding hydrogens is 400 g/mol. The van der Waals surface area contributed by atoms with E-state index >= 15 is 0 Å². The molecule has 0 aliphatic rings. The molecule has 0 fully saturated rings. The van der Waals surface area contributed by atoms with Gasteiger partial charge in [-0.05, 0) is 13.0 Å². The van der Waals surface area contributed by atoms with Crippen LogP contribution in [0.5, 0.6) is 5.75 Å². The topological polar surface area (TPSA) is 117 Å². The average molecular weight is 413 g/mol. The van der Waals surface area contributed by atoms with Gasteiger partial charge in [0, 0.05) is 17.7 Å². The van der Waals surface area contributed by atoms with Crippen molar-refractivity contribution in [2.75, 3.05) is 0 Å². The number of halogens is 1. The molecule has 0 spiro atoms. The van der Waals surface area contributed by atoms with Crippen LogP contribution in [0.1, 0.15) is 11.7 Å². The number of hydrogen-bond donors (Lipinski definition) is 0. The summed E-state index contributed by atoms with van der Waals surface area (Å²) in [7, 11) is 0. The van der Waals surface area contributed by atoms with E-state index in [2.05, 4.69) is 15.4 Å². The van der Waals surface area contributed by atoms with E-state index in [-0.39, 0.29) is 34.8 Å². The second-order valence-electron chi connectivity index (χ2n) is 5.99. The fourth-order valence-electron chi connectivity index (χ4n) is 2.69. The van der Waals surface area contributed by atoms with Crippen molar-refractivity contribution >= 4 is 17.3 Å². The number of nitro groups is 1. The van der Waals surface area contributed by atoms with Crippen LogP contribution >= 0.6 is 11.6 Å². The summed E-state index contributed by atoms with van der Waals surface area (Å²) in [4.78, 5) is 10.2. The minimum Gasteiger partial charge on any atom is -0.482 e. The van der Waals surface area contributed by atoms with Crippen LogP contribution in [0.15, 0.2) is 57.5 Å². The van der Waals surface area contributed by atoms with Crippen LogP contribution in [0.2, 0.25) is 5.02 Å². The van der Waals surface area contributed by atoms with E-state index < -0.39 is 4.92 Å². The van der Waals surface area contributed by atoms with Crippen LogP contribution in [0, 0.1) is 17.0 Å². The SMILES string of the molecule is Cc1onc(-c2ccccc2)c1-c1nnc(COc2ccc([N+](=O)[O-])cc2Cl)o1. The van der Waals surface area contributed by atoms with E-state index in [1.165, 1.54) is 18.2 Å². The molecule has 29 heavy (non-hydrogen) atoms. The van der Waals surface area contributed by atoms with Crippen molar-refractivity contribution in [2.45, 2.75) is 13.5 Å². The van der Waals surface area contributed by atoms with E-state index in [9.17, 15) is 10.1 Å². The lowest BCUT2D eigenvalue weighted by Crippen LogP contribution is -1.97. The quantitative estimate of drug-likeness (QED) is 0.326. The molecule has 0 amide bonds. The largest absolute Gasteiger partial charge is 0.482 e. The Morgan fingerprint density at radius 2 is 1.97 bits per heavy atom. The fourth-order valence-corrected chi connectivity index (χ4v) is 2.92. The first-order valence-electron chi connectivity index (χ1n) is 8.44. The Bertz CT molecular complexity index is 1170. The Hall–Kier alpha value is -3.72. The summed E-state index contributed by atoms with van der Waals surface area (Å²) in [6.45, 7) is 1.70. The Morgan fingerprint density at radius 3 is 2.69 bits per heavy atom. The minimum absolute atomic E-state index is 0.0600. The highest BCUT2D eigenvalue weighted by molar-refractivity contribution is 6.32. The zero-order valence-corrected chi connectivity index (χ0v) is 15.8. The monoisotopic (exact) mass is 412 g/mol. The smallest absolute Gasteiger partial charge is 0.271 e. The molecule has 0 saturated carbocycles. The van der Waals surface area contributed by atoms with Crippen molar-refractivity contribution in [2.24, 2.45) is 0 Å². The predicted molar refractivity (Wildman–Crippen MR) is 102 cm³/mol. The third-order valence-corrected chi connectivity index (χ3v) is 4.36. The summed E-state index contributed by atoms with van der Waals surface area (Å²) in [5.74, 6) is 1.26. The Balaban J connectivity index is 1.55. The van der Waals surface area contributed by atoms with Crippen LogP contribution in [-0.2, 0) is 6.61 Å². The molecule has 10 heteroatoms. The molecule has 0 aliphatic heterocycles. The van der Waals surface area contributed by atoms with E-state index in [4.69, 9.17) is 25.3 Å². The molecule has 4 aromatic rings. The third kappa shape index (κ3) is 3.81. The second-order valence-corrected chi connectivity index (χ2v) is 6.40. The summed E-state index contributed by atoms with van der Waals surface area (Å²) >= 11 is 6.02. The Kier molecular flexibility index (Phi) is 4.96. The summed E-state index contributed by atoms with van der Waals surface area (Å²) < 4.78 is 16.5. The number of aryl methyl sites for hydroxylation is 1. The number of hydrogen-bond acceptors (Lipinski definition) is 8. The van der Waals surface area contributed by atoms with Crippen LogP contribution in [0.25, 0.3) is 22.7 Å². The van der Waals surface area contributed by atoms with Gasteiger partial charge in [0.1, 0.15) is 22.8 Å². The summed E-state index contributed by atoms with van der Waals surface area (Å²) in [6.07, 6.45) is 0. The summed E-state index contributed by atoms with van der Waals surface area (Å²) in [5.41, 5.74) is 1.92. The van der Waals surface area contributed by atoms with Crippen LogP contribution in [-0.4, -0.2) is 20.3 Å². The normalized spacial score (nSPS) is 10.8. The van der Waals surface area contributed by atoms with Crippen LogP contribution < -0.4 is 4.74 Å². The molecule has 0 aliphatic carbocycles. The van der Waals surface area contributed by atoms with E-state index in [1.807, 2.05) is 30.3 Å². The molecule has 0 atom stereocenters. The first-order valence-corrected chi connectivity index (χ1v) is 8.82. The third-order valence-electron chi connectivity index (χ3n) is 4.07. The van der Waals surface area contributed by atoms with Gasteiger partial charge in [-0.2, -0.15) is 0 Å². The molecule has 146 valence electrons. The minimum atomic E-state index is -0.536. The first-order chi connectivity index (χ1) is 14.0. The number of nitro benzene ring substituents is 1. The number of ether oxygens (including phenoxy) is 1. The Labute approximate surface area is 169 Å². The molecular formula is C19H13ClN4O5. The van der Waals surface area contributed by atoms with Crippen molar-refractivity contribution < 1.29 is 18.6 Å². The molecule has 0 radical (unpaired) electrons. The van der Waals surface area contributed by atoms with Gasteiger partial charge in [-0.15, -0.1) is 10.2 Å². The van der Waals surface area contributed by atoms with Gasteiger partial charge >= 0.3 is 0 Å². The summed E-state index contributed by atoms with van der Waals surface area (Å²) in [5, 5.41) is 23.0. The number of nitrogens with zero attached hydrogens (tertiary/aromatic N) is 4. The maximum absolute atomic E-state index is 10.8. The fraction of sp³-hybridized carbons (Fsp3) is 0.105. The van der Waals surface area contributed by atoms with Crippen molar-refractivity contribution in [3.8, 4) is 28.5 Å².